The third kappa shape index (κ3) is 32.7. The summed E-state index contributed by atoms with van der Waals surface area (Å²) in [5.74, 6) is 6.49. The summed E-state index contributed by atoms with van der Waals surface area (Å²) in [5.41, 5.74) is 15.4. The molecule has 0 radical (unpaired) electrons. The molecule has 468 valence electrons. The highest BCUT2D eigenvalue weighted by atomic mass is 32.2. The summed E-state index contributed by atoms with van der Waals surface area (Å²) >= 11 is 0. The van der Waals surface area contributed by atoms with E-state index in [4.69, 9.17) is 24.7 Å². The van der Waals surface area contributed by atoms with Crippen molar-refractivity contribution in [2.45, 2.75) is 246 Å². The van der Waals surface area contributed by atoms with Crippen LogP contribution in [0.25, 0.3) is 0 Å². The third-order valence-electron chi connectivity index (χ3n) is 12.9. The lowest BCUT2D eigenvalue weighted by atomic mass is 9.94. The summed E-state index contributed by atoms with van der Waals surface area (Å²) in [6, 6.07) is 25.6. The maximum Gasteiger partial charge on any atom is 0.264 e. The number of fused-ring (bicyclic) bond motifs is 1. The molecule has 0 bridgehead atoms. The molecule has 0 aromatic heterocycles. The maximum absolute atomic E-state index is 12.9. The van der Waals surface area contributed by atoms with Crippen molar-refractivity contribution in [3.63, 3.8) is 0 Å². The van der Waals surface area contributed by atoms with Crippen LogP contribution in [0.5, 0.6) is 17.2 Å². The number of nitrogens with one attached hydrogen (secondary N) is 1. The standard InChI is InChI=1S/C18H29N3O3S.C14H22O.C12H18O.C11H16.C9H20O.C8H13N/c1-10(2)9-20-17(19)21-25(22,23)16-12(4)11(3)15-14(13(16)5)8-18(6,7)24-15;1-11(2)10-12-6-8-13(9-7-12)15-14(3,4)5;1-4-13-12-7-5-11(6-8-12)9-10(2)3;1-9(2)8-11-6-4-10(3)5-7-11;1-7(2)8(3)10-9(4,5)6;1-7(2)6-8-4-3-5-9-8/h10H,8-9H2,1-7H3,(H3,19,20,21);6-9,11H,10H2,1-5H3;5-8,10H,4,9H2,1-3H3;4-7,9H,8H2,1-3H3;7-8H,1-6H3;4-5,7H,3,6H2,1-2H3. The van der Waals surface area contributed by atoms with E-state index in [1.807, 2.05) is 66.8 Å². The normalized spacial score (nSPS) is 14.0. The maximum atomic E-state index is 12.9. The number of allylic oxidation sites excluding steroid dienone is 2. The first kappa shape index (κ1) is 75.9. The average Bonchev–Trinajstić information content (AvgIpc) is 4.11. The first-order chi connectivity index (χ1) is 38.2. The highest BCUT2D eigenvalue weighted by molar-refractivity contribution is 7.90. The minimum atomic E-state index is -3.81. The predicted octanol–water partition coefficient (Wildman–Crippen LogP) is 18.4. The summed E-state index contributed by atoms with van der Waals surface area (Å²) in [6.07, 6.45) is 10.9. The number of guanidine groups is 1. The van der Waals surface area contributed by atoms with Crippen molar-refractivity contribution in [2.75, 3.05) is 13.2 Å². The van der Waals surface area contributed by atoms with Crippen LogP contribution >= 0.6 is 0 Å². The SMILES string of the molecule is CC(C)C(C)OC(C)(C)C.CC(C)CC1=CCC=N1.CC(C)Cc1ccc(OC(C)(C)C)cc1.CCOc1ccc(CC(C)C)cc1.Cc1c(C)c(S(=O)(=O)NC(N)=NCC(C)C)c(C)c2c1OC(C)(C)C2.Cc1ccc(CC(C)C)cc1. The van der Waals surface area contributed by atoms with Crippen LogP contribution in [0.2, 0.25) is 0 Å². The Hall–Kier alpha value is -5.13. The van der Waals surface area contributed by atoms with Crippen molar-refractivity contribution in [3.8, 4) is 17.2 Å². The molecule has 0 aliphatic carbocycles. The predicted molar refractivity (Wildman–Crippen MR) is 358 cm³/mol. The van der Waals surface area contributed by atoms with Gasteiger partial charge in [-0.25, -0.2) is 13.1 Å². The van der Waals surface area contributed by atoms with Gasteiger partial charge in [-0.2, -0.15) is 0 Å². The molecule has 1 atom stereocenters. The zero-order valence-corrected chi connectivity index (χ0v) is 57.9. The van der Waals surface area contributed by atoms with E-state index in [1.165, 1.54) is 34.4 Å². The summed E-state index contributed by atoms with van der Waals surface area (Å²) in [7, 11) is -3.81. The Morgan fingerprint density at radius 1 is 0.651 bits per heavy atom. The van der Waals surface area contributed by atoms with Crippen LogP contribution in [0, 0.1) is 63.2 Å². The van der Waals surface area contributed by atoms with Gasteiger partial charge in [-0.05, 0) is 216 Å². The number of sulfonamides is 1. The topological polar surface area (TPSA) is 134 Å². The van der Waals surface area contributed by atoms with Crippen LogP contribution in [-0.4, -0.2) is 56.7 Å². The van der Waals surface area contributed by atoms with Gasteiger partial charge in [0.05, 0.1) is 23.2 Å². The van der Waals surface area contributed by atoms with Gasteiger partial charge in [0.15, 0.2) is 0 Å². The Morgan fingerprint density at radius 2 is 1.11 bits per heavy atom. The lowest BCUT2D eigenvalue weighted by Crippen LogP contribution is -2.38. The van der Waals surface area contributed by atoms with Crippen molar-refractivity contribution in [2.24, 2.45) is 51.2 Å². The molecular formula is C72H118N4O6S. The fourth-order valence-corrected chi connectivity index (χ4v) is 10.4. The summed E-state index contributed by atoms with van der Waals surface area (Å²) in [5, 5.41) is 0. The highest BCUT2D eigenvalue weighted by Crippen LogP contribution is 2.43. The van der Waals surface area contributed by atoms with Crippen molar-refractivity contribution >= 4 is 22.2 Å². The molecule has 0 saturated heterocycles. The van der Waals surface area contributed by atoms with Crippen LogP contribution in [0.1, 0.15) is 210 Å². The van der Waals surface area contributed by atoms with E-state index in [2.05, 4.69) is 206 Å². The molecule has 11 heteroatoms. The van der Waals surface area contributed by atoms with Gasteiger partial charge in [-0.1, -0.05) is 143 Å². The Morgan fingerprint density at radius 3 is 1.48 bits per heavy atom. The molecule has 4 aromatic carbocycles. The summed E-state index contributed by atoms with van der Waals surface area (Å²) < 4.78 is 51.1. The molecule has 2 aliphatic rings. The number of benzene rings is 4. The number of aryl methyl sites for hydroxylation is 1. The number of rotatable bonds is 17. The first-order valence-electron chi connectivity index (χ1n) is 30.8. The van der Waals surface area contributed by atoms with Crippen LogP contribution in [0.15, 0.2) is 99.4 Å². The number of ether oxygens (including phenoxy) is 4. The van der Waals surface area contributed by atoms with E-state index in [9.17, 15) is 8.42 Å². The summed E-state index contributed by atoms with van der Waals surface area (Å²) in [4.78, 5) is 8.57. The molecule has 1 unspecified atom stereocenters. The second kappa shape index (κ2) is 36.0. The van der Waals surface area contributed by atoms with Crippen molar-refractivity contribution in [1.29, 1.82) is 0 Å². The highest BCUT2D eigenvalue weighted by Gasteiger charge is 2.37. The minimum absolute atomic E-state index is 0.00366. The Labute approximate surface area is 508 Å². The quantitative estimate of drug-likeness (QED) is 0.0794. The molecule has 2 aliphatic heterocycles. The molecule has 0 spiro atoms. The molecule has 2 heterocycles. The van der Waals surface area contributed by atoms with E-state index in [1.54, 1.807) is 6.92 Å². The number of aliphatic imine (C=N–C) groups is 2. The van der Waals surface area contributed by atoms with Crippen molar-refractivity contribution < 1.29 is 27.4 Å². The van der Waals surface area contributed by atoms with Crippen LogP contribution in [0.3, 0.4) is 0 Å². The number of hydrogen-bond donors (Lipinski definition) is 2. The zero-order valence-electron chi connectivity index (χ0n) is 57.1. The van der Waals surface area contributed by atoms with E-state index >= 15 is 0 Å². The van der Waals surface area contributed by atoms with Crippen molar-refractivity contribution in [3.05, 3.63) is 129 Å². The Balaban J connectivity index is 0.000000520. The Kier molecular flexibility index (Phi) is 32.9. The molecule has 4 aromatic rings. The van der Waals surface area contributed by atoms with E-state index in [-0.39, 0.29) is 27.7 Å². The lowest BCUT2D eigenvalue weighted by Gasteiger charge is -2.27. The van der Waals surface area contributed by atoms with Crippen molar-refractivity contribution in [1.82, 2.24) is 4.72 Å². The van der Waals surface area contributed by atoms with Gasteiger partial charge < -0.3 is 24.7 Å². The van der Waals surface area contributed by atoms with Gasteiger partial charge in [-0.15, -0.1) is 0 Å². The second-order valence-electron chi connectivity index (χ2n) is 27.5. The molecule has 6 rings (SSSR count). The number of nitrogens with two attached hydrogens (primary N) is 1. The monoisotopic (exact) mass is 1170 g/mol. The second-order valence-corrected chi connectivity index (χ2v) is 29.1. The summed E-state index contributed by atoms with van der Waals surface area (Å²) in [6.45, 7) is 55.6. The molecule has 0 fully saturated rings. The molecule has 0 amide bonds. The largest absolute Gasteiger partial charge is 0.494 e. The van der Waals surface area contributed by atoms with E-state index in [0.717, 1.165) is 78.4 Å². The zero-order chi connectivity index (χ0) is 63.6. The van der Waals surface area contributed by atoms with Gasteiger partial charge in [0.25, 0.3) is 10.0 Å². The van der Waals surface area contributed by atoms with Crippen LogP contribution in [0.4, 0.5) is 0 Å². The lowest BCUT2D eigenvalue weighted by molar-refractivity contribution is -0.0698. The van der Waals surface area contributed by atoms with Gasteiger partial charge in [0.2, 0.25) is 5.96 Å². The molecular weight excluding hydrogens is 1050 g/mol. The third-order valence-corrected chi connectivity index (χ3v) is 14.5. The molecule has 0 saturated carbocycles. The van der Waals surface area contributed by atoms with E-state index in [0.29, 0.717) is 48.0 Å². The van der Waals surface area contributed by atoms with Crippen LogP contribution < -0.4 is 24.7 Å². The molecule has 10 nitrogen and oxygen atoms in total. The smallest absolute Gasteiger partial charge is 0.264 e. The fourth-order valence-electron chi connectivity index (χ4n) is 8.88. The number of hydrogen-bond acceptors (Lipinski definition) is 8. The number of nitrogens with zero attached hydrogens (tertiary/aromatic N) is 2. The first-order valence-corrected chi connectivity index (χ1v) is 32.3. The van der Waals surface area contributed by atoms with Gasteiger partial charge in [0, 0.05) is 36.9 Å². The molecule has 83 heavy (non-hydrogen) atoms. The van der Waals surface area contributed by atoms with Gasteiger partial charge >= 0.3 is 0 Å². The average molecular weight is 1170 g/mol. The van der Waals surface area contributed by atoms with Gasteiger partial charge in [0.1, 0.15) is 28.5 Å². The van der Waals surface area contributed by atoms with E-state index < -0.39 is 10.0 Å². The van der Waals surface area contributed by atoms with Crippen LogP contribution in [-0.2, 0) is 40.4 Å². The van der Waals surface area contributed by atoms with Gasteiger partial charge in [-0.3, -0.25) is 9.98 Å². The minimum Gasteiger partial charge on any atom is -0.494 e. The fraction of sp³-hybridized carbons (Fsp3) is 0.611. The molecule has 3 N–H and O–H groups in total. The Bertz CT molecular complexity index is 2680.